The normalized spacial score (nSPS) is 17.5. The molecule has 0 radical (unpaired) electrons. The van der Waals surface area contributed by atoms with E-state index in [1.54, 1.807) is 0 Å². The van der Waals surface area contributed by atoms with Gasteiger partial charge in [0, 0.05) is 0 Å². The Bertz CT molecular complexity index is 1030. The number of amides is 1. The van der Waals surface area contributed by atoms with Crippen LogP contribution in [-0.4, -0.2) is 17.7 Å². The summed E-state index contributed by atoms with van der Waals surface area (Å²) in [6.07, 6.45) is -0.0509. The first kappa shape index (κ1) is 20.8. The lowest BCUT2D eigenvalue weighted by atomic mass is 10.1. The molecule has 5 heteroatoms. The molecule has 0 aliphatic heterocycles. The first-order valence-electron chi connectivity index (χ1n) is 10.4. The van der Waals surface area contributed by atoms with Gasteiger partial charge in [-0.3, -0.25) is 0 Å². The number of rotatable bonds is 5. The molecule has 0 saturated heterocycles. The molecule has 2 atom stereocenters. The first-order valence-corrected chi connectivity index (χ1v) is 10.4. The molecule has 0 fully saturated rings. The maximum absolute atomic E-state index is 12.4. The van der Waals surface area contributed by atoms with Gasteiger partial charge in [-0.1, -0.05) is 42.5 Å². The molecule has 5 nitrogen and oxygen atoms in total. The minimum Gasteiger partial charge on any atom is -0.484 e. The van der Waals surface area contributed by atoms with Gasteiger partial charge in [-0.15, -0.1) is 0 Å². The summed E-state index contributed by atoms with van der Waals surface area (Å²) in [6.45, 7) is 5.55. The van der Waals surface area contributed by atoms with E-state index >= 15 is 0 Å². The summed E-state index contributed by atoms with van der Waals surface area (Å²) in [4.78, 5) is 12.4. The summed E-state index contributed by atoms with van der Waals surface area (Å²) < 4.78 is 17.6. The summed E-state index contributed by atoms with van der Waals surface area (Å²) in [5.41, 5.74) is 1.69. The van der Waals surface area contributed by atoms with Crippen LogP contribution in [0, 0.1) is 0 Å². The van der Waals surface area contributed by atoms with Crippen molar-refractivity contribution in [3.05, 3.63) is 90.0 Å². The molecule has 1 aliphatic rings. The quantitative estimate of drug-likeness (QED) is 0.549. The Morgan fingerprint density at radius 3 is 2.16 bits per heavy atom. The fourth-order valence-corrected chi connectivity index (χ4v) is 3.65. The number of alkyl carbamates (subject to hydrolysis) is 1. The van der Waals surface area contributed by atoms with E-state index in [0.717, 1.165) is 22.6 Å². The highest BCUT2D eigenvalue weighted by Gasteiger charge is 2.36. The van der Waals surface area contributed by atoms with Crippen LogP contribution in [0.4, 0.5) is 4.79 Å². The number of para-hydroxylation sites is 1. The molecule has 4 rings (SSSR count). The Kier molecular flexibility index (Phi) is 5.85. The zero-order valence-electron chi connectivity index (χ0n) is 18.0. The van der Waals surface area contributed by atoms with Gasteiger partial charge < -0.3 is 19.5 Å². The Balaban J connectivity index is 1.48. The van der Waals surface area contributed by atoms with E-state index in [1.807, 2.05) is 93.6 Å². The summed E-state index contributed by atoms with van der Waals surface area (Å²) in [5.74, 6) is 2.22. The average Bonchev–Trinajstić information content (AvgIpc) is 3.06. The molecule has 3 aromatic rings. The molecule has 160 valence electrons. The largest absolute Gasteiger partial charge is 0.484 e. The highest BCUT2D eigenvalue weighted by atomic mass is 16.6. The molecular weight excluding hydrogens is 390 g/mol. The number of ether oxygens (including phenoxy) is 3. The Labute approximate surface area is 183 Å². The van der Waals surface area contributed by atoms with Crippen molar-refractivity contribution in [2.45, 2.75) is 44.9 Å². The molecule has 1 amide bonds. The van der Waals surface area contributed by atoms with E-state index in [2.05, 4.69) is 11.4 Å². The van der Waals surface area contributed by atoms with Crippen LogP contribution in [0.1, 0.15) is 38.0 Å². The molecule has 0 unspecified atom stereocenters. The van der Waals surface area contributed by atoms with E-state index in [9.17, 15) is 4.79 Å². The lowest BCUT2D eigenvalue weighted by molar-refractivity contribution is 0.0456. The second-order valence-corrected chi connectivity index (χ2v) is 8.58. The predicted octanol–water partition coefficient (Wildman–Crippen LogP) is 6.05. The molecule has 3 aromatic carbocycles. The predicted molar refractivity (Wildman–Crippen MR) is 120 cm³/mol. The van der Waals surface area contributed by atoms with E-state index < -0.39 is 11.7 Å². The maximum atomic E-state index is 12.4. The number of benzene rings is 3. The zero-order valence-corrected chi connectivity index (χ0v) is 18.0. The monoisotopic (exact) mass is 417 g/mol. The minimum absolute atomic E-state index is 0.215. The average molecular weight is 418 g/mol. The fourth-order valence-electron chi connectivity index (χ4n) is 3.65. The fraction of sp³-hybridized carbons (Fsp3) is 0.269. The first-order chi connectivity index (χ1) is 14.9. The van der Waals surface area contributed by atoms with Crippen molar-refractivity contribution < 1.29 is 19.0 Å². The lowest BCUT2D eigenvalue weighted by Gasteiger charge is -2.25. The van der Waals surface area contributed by atoms with Crippen LogP contribution in [0.15, 0.2) is 78.9 Å². The van der Waals surface area contributed by atoms with Crippen molar-refractivity contribution in [1.82, 2.24) is 5.32 Å². The topological polar surface area (TPSA) is 56.8 Å². The van der Waals surface area contributed by atoms with Crippen molar-refractivity contribution in [1.29, 1.82) is 0 Å². The van der Waals surface area contributed by atoms with Crippen molar-refractivity contribution >= 4 is 6.09 Å². The van der Waals surface area contributed by atoms with Crippen LogP contribution in [-0.2, 0) is 11.2 Å². The third kappa shape index (κ3) is 5.37. The second kappa shape index (κ2) is 8.72. The third-order valence-electron chi connectivity index (χ3n) is 4.93. The van der Waals surface area contributed by atoms with E-state index in [1.165, 1.54) is 0 Å². The molecule has 0 saturated carbocycles. The van der Waals surface area contributed by atoms with Crippen LogP contribution in [0.25, 0.3) is 0 Å². The van der Waals surface area contributed by atoms with Crippen LogP contribution in [0.5, 0.6) is 17.2 Å². The Hall–Kier alpha value is -3.47. The maximum Gasteiger partial charge on any atom is 0.408 e. The van der Waals surface area contributed by atoms with Crippen molar-refractivity contribution in [3.8, 4) is 17.2 Å². The van der Waals surface area contributed by atoms with E-state index in [4.69, 9.17) is 14.2 Å². The molecule has 0 aromatic heterocycles. The van der Waals surface area contributed by atoms with Gasteiger partial charge in [0.1, 0.15) is 29.0 Å². The number of hydrogen-bond donors (Lipinski definition) is 1. The van der Waals surface area contributed by atoms with Gasteiger partial charge in [0.15, 0.2) is 0 Å². The number of nitrogens with one attached hydrogen (secondary N) is 1. The highest BCUT2D eigenvalue weighted by Crippen LogP contribution is 2.36. The number of carbonyl (C=O) groups excluding carboxylic acids is 1. The number of hydrogen-bond acceptors (Lipinski definition) is 4. The smallest absolute Gasteiger partial charge is 0.408 e. The van der Waals surface area contributed by atoms with Crippen molar-refractivity contribution in [3.63, 3.8) is 0 Å². The summed E-state index contributed by atoms with van der Waals surface area (Å²) in [7, 11) is 0. The van der Waals surface area contributed by atoms with Crippen LogP contribution >= 0.6 is 0 Å². The van der Waals surface area contributed by atoms with Gasteiger partial charge in [0.2, 0.25) is 0 Å². The van der Waals surface area contributed by atoms with Crippen LogP contribution in [0.2, 0.25) is 0 Å². The summed E-state index contributed by atoms with van der Waals surface area (Å²) in [6, 6.07) is 25.0. The number of fused-ring (bicyclic) bond motifs is 1. The van der Waals surface area contributed by atoms with Crippen molar-refractivity contribution in [2.75, 3.05) is 0 Å². The van der Waals surface area contributed by atoms with E-state index in [-0.39, 0.29) is 12.1 Å². The van der Waals surface area contributed by atoms with Crippen LogP contribution < -0.4 is 14.8 Å². The summed E-state index contributed by atoms with van der Waals surface area (Å²) >= 11 is 0. The van der Waals surface area contributed by atoms with Gasteiger partial charge in [-0.2, -0.15) is 0 Å². The second-order valence-electron chi connectivity index (χ2n) is 8.58. The standard InChI is InChI=1S/C26H27NO4/c1-26(2,3)31-25(28)27-23-17-18-9-7-8-12-22(18)24(23)30-21-15-13-20(14-16-21)29-19-10-5-4-6-11-19/h4-16,23-24H,17H2,1-3H3,(H,27,28)/t23-,24+/m0/s1. The van der Waals surface area contributed by atoms with Gasteiger partial charge in [-0.05, 0) is 74.7 Å². The molecule has 1 N–H and O–H groups in total. The highest BCUT2D eigenvalue weighted by molar-refractivity contribution is 5.68. The van der Waals surface area contributed by atoms with Gasteiger partial charge in [-0.25, -0.2) is 4.79 Å². The third-order valence-corrected chi connectivity index (χ3v) is 4.93. The Morgan fingerprint density at radius 1 is 0.839 bits per heavy atom. The molecular formula is C26H27NO4. The summed E-state index contributed by atoms with van der Waals surface area (Å²) in [5, 5.41) is 2.99. The van der Waals surface area contributed by atoms with Gasteiger partial charge in [0.25, 0.3) is 0 Å². The van der Waals surface area contributed by atoms with Gasteiger partial charge in [0.05, 0.1) is 6.04 Å². The molecule has 0 bridgehead atoms. The molecule has 0 heterocycles. The van der Waals surface area contributed by atoms with Crippen LogP contribution in [0.3, 0.4) is 0 Å². The SMILES string of the molecule is CC(C)(C)OC(=O)N[C@H]1Cc2ccccc2[C@H]1Oc1ccc(Oc2ccccc2)cc1. The molecule has 31 heavy (non-hydrogen) atoms. The molecule has 0 spiro atoms. The Morgan fingerprint density at radius 2 is 1.45 bits per heavy atom. The molecule has 1 aliphatic carbocycles. The minimum atomic E-state index is -0.555. The lowest BCUT2D eigenvalue weighted by Crippen LogP contribution is -2.42. The van der Waals surface area contributed by atoms with Gasteiger partial charge >= 0.3 is 6.09 Å². The van der Waals surface area contributed by atoms with Crippen molar-refractivity contribution in [2.24, 2.45) is 0 Å². The zero-order chi connectivity index (χ0) is 21.8. The number of carbonyl (C=O) groups is 1. The van der Waals surface area contributed by atoms with E-state index in [0.29, 0.717) is 12.2 Å².